The molecule has 1 aromatic carbocycles. The molecule has 190 valence electrons. The summed E-state index contributed by atoms with van der Waals surface area (Å²) in [6, 6.07) is 13.7. The lowest BCUT2D eigenvalue weighted by Crippen LogP contribution is -2.32. The van der Waals surface area contributed by atoms with Crippen molar-refractivity contribution in [3.63, 3.8) is 0 Å². The largest absolute Gasteiger partial charge is 0.440 e. The fourth-order valence-corrected chi connectivity index (χ4v) is 6.55. The van der Waals surface area contributed by atoms with Gasteiger partial charge in [0.2, 0.25) is 0 Å². The van der Waals surface area contributed by atoms with Gasteiger partial charge in [-0.15, -0.1) is 11.3 Å². The van der Waals surface area contributed by atoms with E-state index in [2.05, 4.69) is 37.9 Å². The van der Waals surface area contributed by atoms with Crippen LogP contribution >= 0.6 is 11.3 Å². The maximum atomic E-state index is 13.5. The highest BCUT2D eigenvalue weighted by molar-refractivity contribution is 7.16. The molecule has 1 fully saturated rings. The van der Waals surface area contributed by atoms with Gasteiger partial charge >= 0.3 is 0 Å². The Balaban J connectivity index is 1.42. The Labute approximate surface area is 218 Å². The molecule has 1 aliphatic carbocycles. The zero-order chi connectivity index (χ0) is 25.3. The number of aliphatic imine (C=N–C) groups is 1. The quantitative estimate of drug-likeness (QED) is 0.362. The molecule has 0 unspecified atom stereocenters. The van der Waals surface area contributed by atoms with Crippen LogP contribution in [0.3, 0.4) is 0 Å². The first kappa shape index (κ1) is 24.8. The predicted octanol–water partition coefficient (Wildman–Crippen LogP) is 7.73. The van der Waals surface area contributed by atoms with Crippen LogP contribution in [0.1, 0.15) is 73.5 Å². The highest BCUT2D eigenvalue weighted by atomic mass is 32.1. The summed E-state index contributed by atoms with van der Waals surface area (Å²) in [6.07, 6.45) is 7.18. The van der Waals surface area contributed by atoms with E-state index in [1.54, 1.807) is 17.6 Å². The Morgan fingerprint density at radius 3 is 2.58 bits per heavy atom. The first-order valence-corrected chi connectivity index (χ1v) is 14.0. The number of benzene rings is 1. The van der Waals surface area contributed by atoms with Crippen LogP contribution in [0, 0.1) is 17.3 Å². The number of nitrogens with zero attached hydrogens (tertiary/aromatic N) is 2. The van der Waals surface area contributed by atoms with E-state index in [4.69, 9.17) is 9.41 Å². The highest BCUT2D eigenvalue weighted by Gasteiger charge is 2.33. The number of fused-ring (bicyclic) bond motifs is 1. The van der Waals surface area contributed by atoms with Crippen molar-refractivity contribution >= 4 is 40.0 Å². The highest BCUT2D eigenvalue weighted by Crippen LogP contribution is 2.45. The molecule has 0 spiro atoms. The monoisotopic (exact) mass is 503 g/mol. The molecule has 3 aromatic rings. The average molecular weight is 504 g/mol. The topological polar surface area (TPSA) is 57.8 Å². The van der Waals surface area contributed by atoms with Crippen molar-refractivity contribution in [2.75, 3.05) is 23.3 Å². The number of carbonyl (C=O) groups is 1. The number of anilines is 2. The fourth-order valence-electron chi connectivity index (χ4n) is 5.28. The molecule has 1 amide bonds. The molecule has 1 saturated heterocycles. The third kappa shape index (κ3) is 5.44. The third-order valence-electron chi connectivity index (χ3n) is 7.75. The van der Waals surface area contributed by atoms with Crippen LogP contribution in [0.2, 0.25) is 0 Å². The minimum atomic E-state index is -0.0809. The molecule has 36 heavy (non-hydrogen) atoms. The zero-order valence-electron chi connectivity index (χ0n) is 21.8. The first-order valence-electron chi connectivity index (χ1n) is 13.2. The Morgan fingerprint density at radius 1 is 1.11 bits per heavy atom. The molecule has 1 N–H and O–H groups in total. The van der Waals surface area contributed by atoms with E-state index in [0.29, 0.717) is 5.92 Å². The summed E-state index contributed by atoms with van der Waals surface area (Å²) in [5.74, 6) is 2.93. The summed E-state index contributed by atoms with van der Waals surface area (Å²) in [5, 5.41) is 3.86. The Kier molecular flexibility index (Phi) is 7.07. The van der Waals surface area contributed by atoms with E-state index in [1.165, 1.54) is 23.3 Å². The van der Waals surface area contributed by atoms with Crippen LogP contribution in [0.25, 0.3) is 0 Å². The molecule has 0 bridgehead atoms. The smallest absolute Gasteiger partial charge is 0.259 e. The Bertz CT molecular complexity index is 1230. The predicted molar refractivity (Wildman–Crippen MR) is 150 cm³/mol. The number of hydrogen-bond acceptors (Lipinski definition) is 5. The van der Waals surface area contributed by atoms with E-state index in [9.17, 15) is 4.79 Å². The lowest BCUT2D eigenvalue weighted by molar-refractivity contribution is 0.102. The molecule has 1 atom stereocenters. The number of amides is 1. The van der Waals surface area contributed by atoms with Gasteiger partial charge in [0.15, 0.2) is 5.88 Å². The molecule has 1 aliphatic heterocycles. The molecule has 0 saturated carbocycles. The number of hydrogen-bond donors (Lipinski definition) is 1. The van der Waals surface area contributed by atoms with Crippen molar-refractivity contribution in [3.05, 3.63) is 64.2 Å². The standard InChI is InChI=1S/C30H37N3O2S/c1-20-14-16-33(17-15-20)26-13-11-23(35-26)19-31-29-27(28(34)32-22-8-6-5-7-9-22)24-12-10-21(30(2,3)4)18-25(24)36-29/h5-9,11,13,19-21H,10,12,14-18H2,1-4H3,(H,32,34)/t21-/m1/s1. The van der Waals surface area contributed by atoms with Crippen molar-refractivity contribution in [1.82, 2.24) is 0 Å². The van der Waals surface area contributed by atoms with E-state index in [1.807, 2.05) is 42.5 Å². The van der Waals surface area contributed by atoms with Gasteiger partial charge < -0.3 is 14.6 Å². The van der Waals surface area contributed by atoms with Crippen molar-refractivity contribution in [2.45, 2.75) is 59.8 Å². The van der Waals surface area contributed by atoms with Crippen molar-refractivity contribution in [3.8, 4) is 0 Å². The van der Waals surface area contributed by atoms with E-state index >= 15 is 0 Å². The minimum Gasteiger partial charge on any atom is -0.440 e. The molecule has 0 radical (unpaired) electrons. The summed E-state index contributed by atoms with van der Waals surface area (Å²) >= 11 is 1.66. The van der Waals surface area contributed by atoms with Gasteiger partial charge in [0.05, 0.1) is 11.8 Å². The second kappa shape index (κ2) is 10.3. The lowest BCUT2D eigenvalue weighted by Gasteiger charge is -2.33. The lowest BCUT2D eigenvalue weighted by atomic mass is 9.72. The van der Waals surface area contributed by atoms with Crippen molar-refractivity contribution in [1.29, 1.82) is 0 Å². The van der Waals surface area contributed by atoms with Crippen molar-refractivity contribution < 1.29 is 9.21 Å². The Hall–Kier alpha value is -2.86. The van der Waals surface area contributed by atoms with Crippen molar-refractivity contribution in [2.24, 2.45) is 22.2 Å². The van der Waals surface area contributed by atoms with Crippen LogP contribution in [-0.4, -0.2) is 25.2 Å². The number of furan rings is 1. The average Bonchev–Trinajstić information content (AvgIpc) is 3.47. The van der Waals surface area contributed by atoms with Gasteiger partial charge in [-0.05, 0) is 73.1 Å². The molecule has 5 nitrogen and oxygen atoms in total. The van der Waals surface area contributed by atoms with Gasteiger partial charge in [0, 0.05) is 29.7 Å². The number of rotatable bonds is 5. The fraction of sp³-hybridized carbons (Fsp3) is 0.467. The van der Waals surface area contributed by atoms with Crippen LogP contribution in [0.15, 0.2) is 51.9 Å². The molecular weight excluding hydrogens is 466 g/mol. The molecule has 6 heteroatoms. The third-order valence-corrected chi connectivity index (χ3v) is 8.91. The van der Waals surface area contributed by atoms with E-state index < -0.39 is 0 Å². The second-order valence-corrected chi connectivity index (χ2v) is 12.5. The Morgan fingerprint density at radius 2 is 1.86 bits per heavy atom. The van der Waals surface area contributed by atoms with Crippen LogP contribution in [-0.2, 0) is 12.8 Å². The summed E-state index contributed by atoms with van der Waals surface area (Å²) in [5.41, 5.74) is 2.93. The number of piperidine rings is 1. The van der Waals surface area contributed by atoms with Gasteiger partial charge in [-0.25, -0.2) is 4.99 Å². The summed E-state index contributed by atoms with van der Waals surface area (Å²) in [7, 11) is 0. The molecule has 2 aromatic heterocycles. The number of para-hydroxylation sites is 1. The number of thiophene rings is 1. The maximum absolute atomic E-state index is 13.5. The molecule has 5 rings (SSSR count). The SMILES string of the molecule is CC1CCN(c2ccc(C=Nc3sc4c(c3C(=O)Nc3ccccc3)CC[C@@H](C(C)(C)C)C4)o2)CC1. The van der Waals surface area contributed by atoms with E-state index in [0.717, 1.165) is 66.2 Å². The maximum Gasteiger partial charge on any atom is 0.259 e. The first-order chi connectivity index (χ1) is 17.3. The molecule has 2 aliphatic rings. The van der Waals surface area contributed by atoms with Gasteiger partial charge in [0.25, 0.3) is 5.91 Å². The summed E-state index contributed by atoms with van der Waals surface area (Å²) in [6.45, 7) is 11.3. The zero-order valence-corrected chi connectivity index (χ0v) is 22.7. The van der Waals surface area contributed by atoms with Gasteiger partial charge in [-0.1, -0.05) is 45.9 Å². The number of carbonyl (C=O) groups excluding carboxylic acids is 1. The summed E-state index contributed by atoms with van der Waals surface area (Å²) in [4.78, 5) is 21.9. The normalized spacial score (nSPS) is 19.0. The van der Waals surface area contributed by atoms with Crippen LogP contribution < -0.4 is 10.2 Å². The van der Waals surface area contributed by atoms with Gasteiger partial charge in [-0.3, -0.25) is 4.79 Å². The van der Waals surface area contributed by atoms with Gasteiger partial charge in [0.1, 0.15) is 10.8 Å². The molecule has 3 heterocycles. The second-order valence-electron chi connectivity index (χ2n) is 11.4. The van der Waals surface area contributed by atoms with Crippen LogP contribution in [0.4, 0.5) is 16.6 Å². The summed E-state index contributed by atoms with van der Waals surface area (Å²) < 4.78 is 6.12. The van der Waals surface area contributed by atoms with Gasteiger partial charge in [-0.2, -0.15) is 0 Å². The van der Waals surface area contributed by atoms with Crippen LogP contribution in [0.5, 0.6) is 0 Å². The molecular formula is C30H37N3O2S. The van der Waals surface area contributed by atoms with E-state index in [-0.39, 0.29) is 11.3 Å². The minimum absolute atomic E-state index is 0.0809. The number of nitrogens with one attached hydrogen (secondary N) is 1.